The number of rotatable bonds is 9. The third kappa shape index (κ3) is 6.20. The summed E-state index contributed by atoms with van der Waals surface area (Å²) in [5.74, 6) is -0.866. The Hall–Kier alpha value is -6.06. The van der Waals surface area contributed by atoms with Crippen LogP contribution in [-0.2, 0) is 25.3 Å². The van der Waals surface area contributed by atoms with E-state index in [0.717, 1.165) is 75.2 Å². The maximum absolute atomic E-state index is 12.3. The molecule has 9 heteroatoms. The lowest BCUT2D eigenvalue weighted by atomic mass is 9.76. The lowest BCUT2D eigenvalue weighted by molar-refractivity contribution is -0.137. The fourth-order valence-corrected chi connectivity index (χ4v) is 9.91. The van der Waals surface area contributed by atoms with Gasteiger partial charge in [-0.3, -0.25) is 4.79 Å². The van der Waals surface area contributed by atoms with Crippen LogP contribution in [0.15, 0.2) is 109 Å². The Morgan fingerprint density at radius 1 is 0.897 bits per heavy atom. The number of anilines is 2. The number of aliphatic carboxylic acids is 2. The number of hydrogen-bond donors (Lipinski definition) is 2. The molecule has 0 aromatic heterocycles. The van der Waals surface area contributed by atoms with Gasteiger partial charge in [0.15, 0.2) is 5.60 Å². The van der Waals surface area contributed by atoms with E-state index in [1.54, 1.807) is 7.11 Å². The van der Waals surface area contributed by atoms with Gasteiger partial charge >= 0.3 is 11.9 Å². The first kappa shape index (κ1) is 37.5. The summed E-state index contributed by atoms with van der Waals surface area (Å²) in [6.45, 7) is 8.23. The van der Waals surface area contributed by atoms with Crippen molar-refractivity contribution in [3.05, 3.63) is 137 Å². The molecule has 0 spiro atoms. The Morgan fingerprint density at radius 2 is 1.62 bits per heavy atom. The summed E-state index contributed by atoms with van der Waals surface area (Å²) in [4.78, 5) is 28.4. The Kier molecular flexibility index (Phi) is 9.51. The van der Waals surface area contributed by atoms with Crippen LogP contribution >= 0.6 is 0 Å². The fourth-order valence-electron chi connectivity index (χ4n) is 9.91. The predicted molar refractivity (Wildman–Crippen MR) is 227 cm³/mol. The van der Waals surface area contributed by atoms with Crippen LogP contribution in [-0.4, -0.2) is 62.1 Å². The first-order valence-electron chi connectivity index (χ1n) is 20.2. The molecule has 0 bridgehead atoms. The van der Waals surface area contributed by atoms with Gasteiger partial charge in [-0.25, -0.2) is 4.79 Å². The normalized spacial score (nSPS) is 21.3. The van der Waals surface area contributed by atoms with Gasteiger partial charge < -0.3 is 34.2 Å². The smallest absolute Gasteiger partial charge is 0.330 e. The summed E-state index contributed by atoms with van der Waals surface area (Å²) in [6.07, 6.45) is 7.49. The third-order valence-corrected chi connectivity index (χ3v) is 12.6. The van der Waals surface area contributed by atoms with Crippen LogP contribution in [0.3, 0.4) is 0 Å². The van der Waals surface area contributed by atoms with Crippen LogP contribution in [0.25, 0.3) is 28.0 Å². The number of allylic oxidation sites excluding steroid dienone is 1. The molecule has 0 radical (unpaired) electrons. The van der Waals surface area contributed by atoms with Gasteiger partial charge in [-0.05, 0) is 77.2 Å². The number of morpholine rings is 1. The van der Waals surface area contributed by atoms with Crippen LogP contribution in [0.5, 0.6) is 11.5 Å². The van der Waals surface area contributed by atoms with Crippen molar-refractivity contribution in [1.29, 1.82) is 0 Å². The van der Waals surface area contributed by atoms with Crippen molar-refractivity contribution in [2.45, 2.75) is 50.5 Å². The van der Waals surface area contributed by atoms with Gasteiger partial charge in [0, 0.05) is 76.9 Å². The number of methoxy groups -OCH3 is 1. The standard InChI is InChI=1S/C49H48N2O7/c1-48(2)39-14-8-7-13-35(39)45-37-28-41(51-23-9-10-31(15-20-43(52)53)40(51)30-44(54)55)42(56-3)29-38(37)47-36(46(45)48)21-22-49(58-47,32-11-5-4-6-12-32)33-16-18-34(19-17-33)50-24-26-57-27-25-50/h4-8,11-14,16-19,21-22,28-31H,9-10,15,20,23-27H2,1-3H3,(H,52,53)(H,54,55). The Morgan fingerprint density at radius 3 is 2.34 bits per heavy atom. The van der Waals surface area contributed by atoms with Crippen molar-refractivity contribution in [2.75, 3.05) is 49.8 Å². The van der Waals surface area contributed by atoms with E-state index in [1.165, 1.54) is 17.2 Å². The van der Waals surface area contributed by atoms with Crippen LogP contribution in [0.1, 0.15) is 67.3 Å². The minimum Gasteiger partial charge on any atom is -0.495 e. The summed E-state index contributed by atoms with van der Waals surface area (Å²) < 4.78 is 19.4. The summed E-state index contributed by atoms with van der Waals surface area (Å²) in [6, 6.07) is 31.8. The van der Waals surface area contributed by atoms with Crippen molar-refractivity contribution in [3.8, 4) is 22.6 Å². The first-order chi connectivity index (χ1) is 28.1. The van der Waals surface area contributed by atoms with Gasteiger partial charge in [-0.1, -0.05) is 86.7 Å². The third-order valence-electron chi connectivity index (χ3n) is 12.6. The first-order valence-corrected chi connectivity index (χ1v) is 20.2. The van der Waals surface area contributed by atoms with E-state index in [0.29, 0.717) is 44.0 Å². The Labute approximate surface area is 338 Å². The topological polar surface area (TPSA) is 109 Å². The molecule has 2 atom stereocenters. The van der Waals surface area contributed by atoms with Gasteiger partial charge in [0.2, 0.25) is 0 Å². The molecule has 296 valence electrons. The van der Waals surface area contributed by atoms with Crippen LogP contribution in [0.4, 0.5) is 11.4 Å². The average Bonchev–Trinajstić information content (AvgIpc) is 3.49. The summed E-state index contributed by atoms with van der Waals surface area (Å²) in [5.41, 5.74) is 8.85. The second-order valence-corrected chi connectivity index (χ2v) is 16.2. The van der Waals surface area contributed by atoms with Crippen LogP contribution < -0.4 is 19.3 Å². The Balaban J connectivity index is 1.28. The average molecular weight is 777 g/mol. The van der Waals surface area contributed by atoms with Crippen molar-refractivity contribution >= 4 is 40.2 Å². The molecule has 5 aromatic carbocycles. The lowest BCUT2D eigenvalue weighted by Gasteiger charge is -2.40. The van der Waals surface area contributed by atoms with Gasteiger partial charge in [-0.2, -0.15) is 0 Å². The van der Waals surface area contributed by atoms with E-state index in [4.69, 9.17) is 14.2 Å². The summed E-state index contributed by atoms with van der Waals surface area (Å²) in [7, 11) is 1.64. The molecule has 9 nitrogen and oxygen atoms in total. The van der Waals surface area contributed by atoms with Gasteiger partial charge in [0.25, 0.3) is 0 Å². The van der Waals surface area contributed by atoms with Gasteiger partial charge in [0.05, 0.1) is 26.0 Å². The molecule has 0 amide bonds. The SMILES string of the molecule is COc1cc2c3c(c4c(c2cc1N1CCCC(CCC(=O)O)C1=CC(=O)O)-c1ccccc1C4(C)C)C=CC(c1ccccc1)(c1ccc(N2CCOCC2)cc1)O3. The highest BCUT2D eigenvalue weighted by Gasteiger charge is 2.45. The van der Waals surface area contributed by atoms with Crippen molar-refractivity contribution < 1.29 is 34.0 Å². The minimum atomic E-state index is -1.07. The number of fused-ring (bicyclic) bond motifs is 8. The largest absolute Gasteiger partial charge is 0.495 e. The molecule has 1 aliphatic carbocycles. The molecule has 0 saturated carbocycles. The van der Waals surface area contributed by atoms with Crippen molar-refractivity contribution in [1.82, 2.24) is 0 Å². The molecule has 3 aliphatic heterocycles. The number of carboxylic acid groups (broad SMARTS) is 2. The molecule has 3 heterocycles. The minimum absolute atomic E-state index is 0.0419. The van der Waals surface area contributed by atoms with E-state index >= 15 is 0 Å². The van der Waals surface area contributed by atoms with E-state index in [1.807, 2.05) is 29.2 Å². The second kappa shape index (κ2) is 14.7. The number of piperidine rings is 1. The number of benzene rings is 5. The molecule has 2 unspecified atom stereocenters. The monoisotopic (exact) mass is 776 g/mol. The zero-order valence-corrected chi connectivity index (χ0v) is 33.2. The zero-order chi connectivity index (χ0) is 40.2. The summed E-state index contributed by atoms with van der Waals surface area (Å²) >= 11 is 0. The van der Waals surface area contributed by atoms with Crippen LogP contribution in [0, 0.1) is 5.92 Å². The number of ether oxygens (including phenoxy) is 3. The highest BCUT2D eigenvalue weighted by molar-refractivity contribution is 6.10. The number of carbonyl (C=O) groups is 2. The number of nitrogens with zero attached hydrogens (tertiary/aromatic N) is 2. The van der Waals surface area contributed by atoms with Gasteiger partial charge in [-0.15, -0.1) is 0 Å². The molecule has 2 N–H and O–H groups in total. The Bertz CT molecular complexity index is 2480. The predicted octanol–water partition coefficient (Wildman–Crippen LogP) is 9.39. The molecule has 2 fully saturated rings. The maximum atomic E-state index is 12.3. The zero-order valence-electron chi connectivity index (χ0n) is 33.2. The molecule has 2 saturated heterocycles. The van der Waals surface area contributed by atoms with Gasteiger partial charge in [0.1, 0.15) is 11.5 Å². The van der Waals surface area contributed by atoms with Crippen molar-refractivity contribution in [2.24, 2.45) is 5.92 Å². The highest BCUT2D eigenvalue weighted by Crippen LogP contribution is 2.59. The van der Waals surface area contributed by atoms with E-state index in [2.05, 4.69) is 97.6 Å². The summed E-state index contributed by atoms with van der Waals surface area (Å²) in [5, 5.41) is 21.5. The molecule has 9 rings (SSSR count). The fraction of sp³-hybridized carbons (Fsp3) is 0.306. The van der Waals surface area contributed by atoms with E-state index in [9.17, 15) is 19.8 Å². The highest BCUT2D eigenvalue weighted by atomic mass is 16.5. The number of hydrogen-bond acceptors (Lipinski definition) is 7. The van der Waals surface area contributed by atoms with E-state index in [-0.39, 0.29) is 17.8 Å². The number of carboxylic acids is 2. The van der Waals surface area contributed by atoms with Crippen molar-refractivity contribution in [3.63, 3.8) is 0 Å². The maximum Gasteiger partial charge on any atom is 0.330 e. The lowest BCUT2D eigenvalue weighted by Crippen LogP contribution is -2.37. The molecule has 5 aromatic rings. The quantitative estimate of drug-likeness (QED) is 0.142. The van der Waals surface area contributed by atoms with Crippen LogP contribution in [0.2, 0.25) is 0 Å². The molecule has 58 heavy (non-hydrogen) atoms. The second-order valence-electron chi connectivity index (χ2n) is 16.2. The van der Waals surface area contributed by atoms with E-state index < -0.39 is 17.5 Å². The molecule has 4 aliphatic rings. The molecular weight excluding hydrogens is 729 g/mol. The molecular formula is C49H48N2O7.